The Morgan fingerprint density at radius 1 is 1.10 bits per heavy atom. The van der Waals surface area contributed by atoms with Crippen molar-refractivity contribution in [2.75, 3.05) is 20.1 Å². The van der Waals surface area contributed by atoms with Crippen LogP contribution in [0.25, 0.3) is 0 Å². The molecule has 1 aromatic carbocycles. The van der Waals surface area contributed by atoms with Crippen molar-refractivity contribution in [2.45, 2.75) is 50.7 Å². The van der Waals surface area contributed by atoms with Gasteiger partial charge in [0, 0.05) is 31.7 Å². The molecule has 1 heterocycles. The lowest BCUT2D eigenvalue weighted by molar-refractivity contribution is 0.205. The molecule has 0 spiro atoms. The zero-order valence-electron chi connectivity index (χ0n) is 13.2. The predicted molar refractivity (Wildman–Crippen MR) is 88.2 cm³/mol. The molecule has 1 aliphatic heterocycles. The molecule has 0 radical (unpaired) electrons. The molecule has 21 heavy (non-hydrogen) atoms. The summed E-state index contributed by atoms with van der Waals surface area (Å²) in [6, 6.07) is 9.88. The molecule has 1 atom stereocenters. The zero-order chi connectivity index (χ0) is 14.7. The number of hydrogen-bond donors (Lipinski definition) is 2. The van der Waals surface area contributed by atoms with Gasteiger partial charge in [-0.05, 0) is 56.2 Å². The van der Waals surface area contributed by atoms with E-state index in [0.29, 0.717) is 12.1 Å². The van der Waals surface area contributed by atoms with E-state index >= 15 is 0 Å². The number of nitrogens with two attached hydrogens (primary N) is 1. The molecule has 1 saturated carbocycles. The minimum atomic E-state index is 0.461. The van der Waals surface area contributed by atoms with Crippen molar-refractivity contribution in [1.29, 1.82) is 0 Å². The van der Waals surface area contributed by atoms with Crippen LogP contribution in [0.1, 0.15) is 36.8 Å². The van der Waals surface area contributed by atoms with Crippen LogP contribution < -0.4 is 11.1 Å². The number of hydrogen-bond acceptors (Lipinski definition) is 3. The Morgan fingerprint density at radius 2 is 1.81 bits per heavy atom. The number of rotatable bonds is 4. The van der Waals surface area contributed by atoms with Gasteiger partial charge >= 0.3 is 0 Å². The number of nitrogens with one attached hydrogen (secondary N) is 1. The third-order valence-electron chi connectivity index (χ3n) is 5.16. The largest absolute Gasteiger partial charge is 0.328 e. The third-order valence-corrected chi connectivity index (χ3v) is 5.16. The Balaban J connectivity index is 1.46. The highest BCUT2D eigenvalue weighted by Gasteiger charge is 2.22. The van der Waals surface area contributed by atoms with Gasteiger partial charge in [0.15, 0.2) is 0 Å². The van der Waals surface area contributed by atoms with E-state index < -0.39 is 0 Å². The zero-order valence-corrected chi connectivity index (χ0v) is 13.2. The van der Waals surface area contributed by atoms with Crippen molar-refractivity contribution in [3.8, 4) is 0 Å². The van der Waals surface area contributed by atoms with Crippen molar-refractivity contribution < 1.29 is 0 Å². The molecule has 2 aliphatic rings. The summed E-state index contributed by atoms with van der Waals surface area (Å²) < 4.78 is 0. The summed E-state index contributed by atoms with van der Waals surface area (Å²) in [5, 5.41) is 3.69. The fourth-order valence-corrected chi connectivity index (χ4v) is 3.91. The van der Waals surface area contributed by atoms with Crippen LogP contribution in [0, 0.1) is 5.92 Å². The van der Waals surface area contributed by atoms with E-state index in [1.165, 1.54) is 43.4 Å². The van der Waals surface area contributed by atoms with Crippen LogP contribution in [0.15, 0.2) is 24.3 Å². The van der Waals surface area contributed by atoms with Gasteiger partial charge in [-0.1, -0.05) is 24.3 Å². The quantitative estimate of drug-likeness (QED) is 0.891. The van der Waals surface area contributed by atoms with Crippen molar-refractivity contribution in [3.63, 3.8) is 0 Å². The maximum atomic E-state index is 6.00. The first-order valence-electron chi connectivity index (χ1n) is 8.45. The van der Waals surface area contributed by atoms with Crippen molar-refractivity contribution in [2.24, 2.45) is 11.7 Å². The van der Waals surface area contributed by atoms with Gasteiger partial charge in [0.25, 0.3) is 0 Å². The van der Waals surface area contributed by atoms with Crippen molar-refractivity contribution in [1.82, 2.24) is 10.2 Å². The molecule has 0 amide bonds. The summed E-state index contributed by atoms with van der Waals surface area (Å²) in [5.74, 6) is 0.852. The van der Waals surface area contributed by atoms with Gasteiger partial charge in [-0.25, -0.2) is 0 Å². The molecule has 1 aromatic rings. The monoisotopic (exact) mass is 287 g/mol. The molecule has 116 valence electrons. The number of benzene rings is 1. The van der Waals surface area contributed by atoms with Crippen molar-refractivity contribution >= 4 is 0 Å². The molecule has 1 fully saturated rings. The average Bonchev–Trinajstić information content (AvgIpc) is 2.49. The van der Waals surface area contributed by atoms with Crippen molar-refractivity contribution in [3.05, 3.63) is 35.4 Å². The van der Waals surface area contributed by atoms with E-state index in [4.69, 9.17) is 5.73 Å². The fraction of sp³-hybridized carbons (Fsp3) is 0.667. The molecule has 3 heteroatoms. The lowest BCUT2D eigenvalue weighted by Crippen LogP contribution is -2.45. The highest BCUT2D eigenvalue weighted by Crippen LogP contribution is 2.24. The van der Waals surface area contributed by atoms with Crippen LogP contribution in [0.2, 0.25) is 0 Å². The summed E-state index contributed by atoms with van der Waals surface area (Å²) in [6.07, 6.45) is 6.22. The molecule has 0 saturated heterocycles. The van der Waals surface area contributed by atoms with Gasteiger partial charge in [-0.3, -0.25) is 0 Å². The molecular formula is C18H29N3. The molecule has 1 aliphatic carbocycles. The van der Waals surface area contributed by atoms with Crippen LogP contribution in [0.4, 0.5) is 0 Å². The summed E-state index contributed by atoms with van der Waals surface area (Å²) in [6.45, 7) is 3.40. The lowest BCUT2D eigenvalue weighted by atomic mass is 9.86. The molecule has 3 rings (SSSR count). The smallest absolute Gasteiger partial charge is 0.0238 e. The predicted octanol–water partition coefficient (Wildman–Crippen LogP) is 2.15. The maximum absolute atomic E-state index is 6.00. The number of likely N-dealkylation sites (N-methyl/N-ethyl adjacent to an activating group) is 1. The lowest BCUT2D eigenvalue weighted by Gasteiger charge is -2.33. The van der Waals surface area contributed by atoms with Gasteiger partial charge in [0.1, 0.15) is 0 Å². The van der Waals surface area contributed by atoms with E-state index in [0.717, 1.165) is 25.4 Å². The van der Waals surface area contributed by atoms with Crippen LogP contribution in [-0.2, 0) is 13.0 Å². The van der Waals surface area contributed by atoms with E-state index in [9.17, 15) is 0 Å². The van der Waals surface area contributed by atoms with Crippen LogP contribution in [-0.4, -0.2) is 37.1 Å². The minimum absolute atomic E-state index is 0.461. The molecule has 1 unspecified atom stereocenters. The summed E-state index contributed by atoms with van der Waals surface area (Å²) in [4.78, 5) is 2.52. The Morgan fingerprint density at radius 3 is 2.57 bits per heavy atom. The van der Waals surface area contributed by atoms with E-state index in [2.05, 4.69) is 41.5 Å². The average molecular weight is 287 g/mol. The van der Waals surface area contributed by atoms with Gasteiger partial charge in [0.2, 0.25) is 0 Å². The Bertz CT molecular complexity index is 452. The van der Waals surface area contributed by atoms with E-state index in [1.54, 1.807) is 0 Å². The Labute approximate surface area is 128 Å². The standard InChI is InChI=1S/C18H29N3/c1-21(12-14-6-8-17(19)9-7-14)13-18-10-15-4-2-3-5-16(15)11-20-18/h2-5,14,17-18,20H,6-13,19H2,1H3. The SMILES string of the molecule is CN(CC1CCC(N)CC1)CC1Cc2ccccc2CN1. The fourth-order valence-electron chi connectivity index (χ4n) is 3.91. The summed E-state index contributed by atoms with van der Waals surface area (Å²) in [7, 11) is 2.27. The van der Waals surface area contributed by atoms with Crippen LogP contribution in [0.3, 0.4) is 0 Å². The normalized spacial score (nSPS) is 29.4. The summed E-state index contributed by atoms with van der Waals surface area (Å²) >= 11 is 0. The second kappa shape index (κ2) is 6.91. The molecule has 0 bridgehead atoms. The topological polar surface area (TPSA) is 41.3 Å². The molecule has 3 N–H and O–H groups in total. The second-order valence-electron chi connectivity index (χ2n) is 7.05. The van der Waals surface area contributed by atoms with Gasteiger partial charge in [-0.2, -0.15) is 0 Å². The number of fused-ring (bicyclic) bond motifs is 1. The molecule has 3 nitrogen and oxygen atoms in total. The maximum Gasteiger partial charge on any atom is 0.0238 e. The van der Waals surface area contributed by atoms with Crippen LogP contribution in [0.5, 0.6) is 0 Å². The first-order chi connectivity index (χ1) is 10.2. The van der Waals surface area contributed by atoms with Gasteiger partial charge < -0.3 is 16.0 Å². The third kappa shape index (κ3) is 4.06. The minimum Gasteiger partial charge on any atom is -0.328 e. The second-order valence-corrected chi connectivity index (χ2v) is 7.05. The Kier molecular flexibility index (Phi) is 4.94. The molecular weight excluding hydrogens is 258 g/mol. The first kappa shape index (κ1) is 15.0. The van der Waals surface area contributed by atoms with E-state index in [-0.39, 0.29) is 0 Å². The number of nitrogens with zero attached hydrogens (tertiary/aromatic N) is 1. The first-order valence-corrected chi connectivity index (χ1v) is 8.45. The van der Waals surface area contributed by atoms with Gasteiger partial charge in [-0.15, -0.1) is 0 Å². The highest BCUT2D eigenvalue weighted by molar-refractivity contribution is 5.29. The Hall–Kier alpha value is -0.900. The summed E-state index contributed by atoms with van der Waals surface area (Å²) in [5.41, 5.74) is 9.00. The highest BCUT2D eigenvalue weighted by atomic mass is 15.1. The van der Waals surface area contributed by atoms with Gasteiger partial charge in [0.05, 0.1) is 0 Å². The van der Waals surface area contributed by atoms with Crippen LogP contribution >= 0.6 is 0 Å². The molecule has 0 aromatic heterocycles. The van der Waals surface area contributed by atoms with E-state index in [1.807, 2.05) is 0 Å².